The van der Waals surface area contributed by atoms with E-state index in [4.69, 9.17) is 11.6 Å². The lowest BCUT2D eigenvalue weighted by Gasteiger charge is -2.28. The maximum absolute atomic E-state index is 12.8. The Hall–Kier alpha value is -1.85. The number of nitrogens with zero attached hydrogens (tertiary/aromatic N) is 3. The van der Waals surface area contributed by atoms with Crippen LogP contribution in [0.2, 0.25) is 5.02 Å². The summed E-state index contributed by atoms with van der Waals surface area (Å²) in [7, 11) is 0. The van der Waals surface area contributed by atoms with Crippen LogP contribution in [-0.2, 0) is 13.1 Å². The average molecular weight is 334 g/mol. The van der Waals surface area contributed by atoms with E-state index in [1.165, 1.54) is 0 Å². The summed E-state index contributed by atoms with van der Waals surface area (Å²) in [5.41, 5.74) is 3.18. The van der Waals surface area contributed by atoms with E-state index in [-0.39, 0.29) is 5.91 Å². The highest BCUT2D eigenvalue weighted by atomic mass is 35.5. The minimum Gasteiger partial charge on any atom is -0.387 e. The Labute approximate surface area is 140 Å². The Kier molecular flexibility index (Phi) is 4.41. The monoisotopic (exact) mass is 333 g/mol. The summed E-state index contributed by atoms with van der Waals surface area (Å²) in [5, 5.41) is 14.9. The van der Waals surface area contributed by atoms with E-state index in [0.29, 0.717) is 42.3 Å². The van der Waals surface area contributed by atoms with Crippen LogP contribution < -0.4 is 0 Å². The second-order valence-electron chi connectivity index (χ2n) is 5.89. The molecule has 122 valence electrons. The maximum atomic E-state index is 12.8. The molecule has 0 saturated carbocycles. The third-order valence-corrected chi connectivity index (χ3v) is 4.50. The van der Waals surface area contributed by atoms with Gasteiger partial charge in [-0.1, -0.05) is 24.6 Å². The molecule has 6 heteroatoms. The van der Waals surface area contributed by atoms with Gasteiger partial charge in [-0.05, 0) is 37.1 Å². The molecule has 0 bridgehead atoms. The third kappa shape index (κ3) is 3.12. The van der Waals surface area contributed by atoms with E-state index >= 15 is 0 Å². The molecule has 1 unspecified atom stereocenters. The Bertz CT molecular complexity index is 741. The number of benzene rings is 1. The molecule has 3 rings (SSSR count). The van der Waals surface area contributed by atoms with E-state index in [9.17, 15) is 9.90 Å². The lowest BCUT2D eigenvalue weighted by atomic mass is 10.1. The van der Waals surface area contributed by atoms with Gasteiger partial charge in [-0.2, -0.15) is 5.10 Å². The molecule has 2 heterocycles. The Morgan fingerprint density at radius 3 is 2.91 bits per heavy atom. The standard InChI is InChI=1S/C17H20ClN3O2/c1-3-16(22)15-9-13-10-20(6-7-21(13)19-15)17(23)14-8-12(18)5-4-11(14)2/h4-5,8-9,16,22H,3,6-7,10H2,1-2H3. The van der Waals surface area contributed by atoms with Crippen molar-refractivity contribution < 1.29 is 9.90 Å². The number of hydrogen-bond donors (Lipinski definition) is 1. The van der Waals surface area contributed by atoms with Crippen molar-refractivity contribution in [2.24, 2.45) is 0 Å². The summed E-state index contributed by atoms with van der Waals surface area (Å²) < 4.78 is 1.88. The lowest BCUT2D eigenvalue weighted by Crippen LogP contribution is -2.38. The van der Waals surface area contributed by atoms with Crippen molar-refractivity contribution in [3.05, 3.63) is 51.8 Å². The van der Waals surface area contributed by atoms with Gasteiger partial charge >= 0.3 is 0 Å². The van der Waals surface area contributed by atoms with Gasteiger partial charge in [0.2, 0.25) is 0 Å². The fraction of sp³-hybridized carbons (Fsp3) is 0.412. The number of aliphatic hydroxyl groups is 1. The quantitative estimate of drug-likeness (QED) is 0.939. The highest BCUT2D eigenvalue weighted by Gasteiger charge is 2.25. The fourth-order valence-electron chi connectivity index (χ4n) is 2.83. The predicted octanol–water partition coefficient (Wildman–Crippen LogP) is 2.94. The van der Waals surface area contributed by atoms with Gasteiger partial charge in [0.05, 0.1) is 30.6 Å². The second-order valence-corrected chi connectivity index (χ2v) is 6.33. The zero-order valence-electron chi connectivity index (χ0n) is 13.3. The summed E-state index contributed by atoms with van der Waals surface area (Å²) in [4.78, 5) is 14.6. The Morgan fingerprint density at radius 2 is 2.17 bits per heavy atom. The molecule has 0 fully saturated rings. The molecule has 0 aliphatic carbocycles. The molecular formula is C17H20ClN3O2. The number of rotatable bonds is 3. The number of halogens is 1. The van der Waals surface area contributed by atoms with Crippen LogP contribution in [0.15, 0.2) is 24.3 Å². The van der Waals surface area contributed by atoms with Crippen LogP contribution in [0.25, 0.3) is 0 Å². The molecule has 1 N–H and O–H groups in total. The van der Waals surface area contributed by atoms with Crippen molar-refractivity contribution >= 4 is 17.5 Å². The largest absolute Gasteiger partial charge is 0.387 e. The Morgan fingerprint density at radius 1 is 1.39 bits per heavy atom. The van der Waals surface area contributed by atoms with Gasteiger partial charge in [0.25, 0.3) is 5.91 Å². The van der Waals surface area contributed by atoms with Crippen LogP contribution >= 0.6 is 11.6 Å². The maximum Gasteiger partial charge on any atom is 0.254 e. The number of carbonyl (C=O) groups excluding carboxylic acids is 1. The van der Waals surface area contributed by atoms with Crippen LogP contribution in [0.3, 0.4) is 0 Å². The first-order valence-electron chi connectivity index (χ1n) is 7.79. The van der Waals surface area contributed by atoms with Crippen molar-refractivity contribution in [3.63, 3.8) is 0 Å². The first-order chi connectivity index (χ1) is 11.0. The summed E-state index contributed by atoms with van der Waals surface area (Å²) >= 11 is 6.02. The van der Waals surface area contributed by atoms with Crippen LogP contribution in [-0.4, -0.2) is 32.2 Å². The van der Waals surface area contributed by atoms with E-state index in [0.717, 1.165) is 11.3 Å². The van der Waals surface area contributed by atoms with Crippen LogP contribution in [0.1, 0.15) is 46.8 Å². The van der Waals surface area contributed by atoms with Gasteiger partial charge in [0.15, 0.2) is 0 Å². The van der Waals surface area contributed by atoms with Crippen LogP contribution in [0.4, 0.5) is 0 Å². The number of aryl methyl sites for hydroxylation is 1. The lowest BCUT2D eigenvalue weighted by molar-refractivity contribution is 0.0705. The average Bonchev–Trinajstić information content (AvgIpc) is 2.98. The minimum absolute atomic E-state index is 0.0185. The molecule has 1 aliphatic heterocycles. The van der Waals surface area contributed by atoms with Crippen LogP contribution in [0, 0.1) is 6.92 Å². The molecule has 1 amide bonds. The zero-order chi connectivity index (χ0) is 16.6. The van der Waals surface area contributed by atoms with E-state index < -0.39 is 6.10 Å². The Balaban J connectivity index is 1.82. The molecule has 1 aromatic carbocycles. The topological polar surface area (TPSA) is 58.4 Å². The van der Waals surface area contributed by atoms with Crippen molar-refractivity contribution in [2.75, 3.05) is 6.54 Å². The summed E-state index contributed by atoms with van der Waals surface area (Å²) in [6, 6.07) is 7.26. The van der Waals surface area contributed by atoms with Crippen molar-refractivity contribution in [1.82, 2.24) is 14.7 Å². The smallest absolute Gasteiger partial charge is 0.254 e. The van der Waals surface area contributed by atoms with Gasteiger partial charge in [-0.15, -0.1) is 0 Å². The molecule has 2 aromatic rings. The number of aliphatic hydroxyl groups excluding tert-OH is 1. The first-order valence-corrected chi connectivity index (χ1v) is 8.17. The first kappa shape index (κ1) is 16.0. The molecule has 0 saturated heterocycles. The number of aromatic nitrogens is 2. The third-order valence-electron chi connectivity index (χ3n) is 4.26. The van der Waals surface area contributed by atoms with Crippen molar-refractivity contribution in [1.29, 1.82) is 0 Å². The summed E-state index contributed by atoms with van der Waals surface area (Å²) in [6.07, 6.45) is 0.0771. The van der Waals surface area contributed by atoms with Gasteiger partial charge in [0.1, 0.15) is 0 Å². The van der Waals surface area contributed by atoms with Crippen molar-refractivity contribution in [3.8, 4) is 0 Å². The van der Waals surface area contributed by atoms with E-state index in [2.05, 4.69) is 5.10 Å². The van der Waals surface area contributed by atoms with Crippen LogP contribution in [0.5, 0.6) is 0 Å². The predicted molar refractivity (Wildman–Crippen MR) is 88.4 cm³/mol. The molecule has 23 heavy (non-hydrogen) atoms. The molecule has 0 radical (unpaired) electrons. The molecular weight excluding hydrogens is 314 g/mol. The molecule has 1 atom stereocenters. The zero-order valence-corrected chi connectivity index (χ0v) is 14.0. The molecule has 0 spiro atoms. The number of amides is 1. The molecule has 1 aromatic heterocycles. The van der Waals surface area contributed by atoms with E-state index in [1.54, 1.807) is 17.0 Å². The van der Waals surface area contributed by atoms with Crippen molar-refractivity contribution in [2.45, 2.75) is 39.5 Å². The molecule has 1 aliphatic rings. The normalized spacial score (nSPS) is 15.4. The molecule has 5 nitrogen and oxygen atoms in total. The number of hydrogen-bond acceptors (Lipinski definition) is 3. The van der Waals surface area contributed by atoms with Gasteiger partial charge in [-0.25, -0.2) is 0 Å². The van der Waals surface area contributed by atoms with Gasteiger partial charge in [0, 0.05) is 17.1 Å². The summed E-state index contributed by atoms with van der Waals surface area (Å²) in [6.45, 7) is 5.56. The summed E-state index contributed by atoms with van der Waals surface area (Å²) in [5.74, 6) is -0.0185. The SMILES string of the molecule is CCC(O)c1cc2n(n1)CCN(C(=O)c1cc(Cl)ccc1C)C2. The van der Waals surface area contributed by atoms with E-state index in [1.807, 2.05) is 30.7 Å². The minimum atomic E-state index is -0.549. The highest BCUT2D eigenvalue weighted by Crippen LogP contribution is 2.23. The fourth-order valence-corrected chi connectivity index (χ4v) is 3.00. The number of carbonyl (C=O) groups is 1. The van der Waals surface area contributed by atoms with Gasteiger partial charge in [-0.3, -0.25) is 9.48 Å². The number of fused-ring (bicyclic) bond motifs is 1. The highest BCUT2D eigenvalue weighted by molar-refractivity contribution is 6.31. The van der Waals surface area contributed by atoms with Gasteiger partial charge < -0.3 is 10.0 Å². The second kappa shape index (κ2) is 6.34.